The van der Waals surface area contributed by atoms with Crippen molar-refractivity contribution >= 4 is 17.5 Å². The van der Waals surface area contributed by atoms with E-state index < -0.39 is 0 Å². The zero-order valence-electron chi connectivity index (χ0n) is 18.9. The first-order valence-corrected chi connectivity index (χ1v) is 11.8. The minimum absolute atomic E-state index is 0.0198. The van der Waals surface area contributed by atoms with Crippen molar-refractivity contribution in [3.63, 3.8) is 0 Å². The normalized spacial score (nSPS) is 19.1. The highest BCUT2D eigenvalue weighted by Gasteiger charge is 2.37. The largest absolute Gasteiger partial charge is 0.335 e. The number of amides is 2. The van der Waals surface area contributed by atoms with E-state index in [0.29, 0.717) is 12.2 Å². The van der Waals surface area contributed by atoms with E-state index in [1.165, 1.54) is 6.42 Å². The summed E-state index contributed by atoms with van der Waals surface area (Å²) in [6, 6.07) is 17.6. The number of nitrogens with one attached hydrogen (secondary N) is 1. The molecule has 1 aromatic heterocycles. The maximum atomic E-state index is 13.0. The van der Waals surface area contributed by atoms with Gasteiger partial charge >= 0.3 is 0 Å². The molecule has 3 heterocycles. The fourth-order valence-corrected chi connectivity index (χ4v) is 4.87. The van der Waals surface area contributed by atoms with E-state index in [-0.39, 0.29) is 30.2 Å². The maximum absolute atomic E-state index is 13.0. The Bertz CT molecular complexity index is 1160. The highest BCUT2D eigenvalue weighted by molar-refractivity contribution is 5.97. The van der Waals surface area contributed by atoms with Crippen molar-refractivity contribution < 1.29 is 9.59 Å². The Morgan fingerprint density at radius 3 is 2.76 bits per heavy atom. The third-order valence-electron chi connectivity index (χ3n) is 6.78. The van der Waals surface area contributed by atoms with E-state index in [1.807, 2.05) is 66.4 Å². The van der Waals surface area contributed by atoms with Gasteiger partial charge in [0.15, 0.2) is 5.82 Å². The molecule has 170 valence electrons. The first kappa shape index (κ1) is 21.4. The van der Waals surface area contributed by atoms with Gasteiger partial charge in [0.2, 0.25) is 11.8 Å². The molecule has 2 atom stereocenters. The molecular weight excluding hydrogens is 414 g/mol. The van der Waals surface area contributed by atoms with Gasteiger partial charge in [0.05, 0.1) is 12.0 Å². The van der Waals surface area contributed by atoms with E-state index in [0.717, 1.165) is 48.6 Å². The third kappa shape index (κ3) is 4.40. The summed E-state index contributed by atoms with van der Waals surface area (Å²) in [7, 11) is 0. The number of hydrogen-bond acceptors (Lipinski definition) is 4. The molecule has 1 N–H and O–H groups in total. The van der Waals surface area contributed by atoms with Gasteiger partial charge in [-0.2, -0.15) is 0 Å². The van der Waals surface area contributed by atoms with Crippen LogP contribution in [0.5, 0.6) is 0 Å². The van der Waals surface area contributed by atoms with Gasteiger partial charge in [-0.25, -0.2) is 0 Å². The van der Waals surface area contributed by atoms with Crippen LogP contribution in [0.2, 0.25) is 0 Å². The molecule has 0 radical (unpaired) electrons. The number of hydrogen-bond donors (Lipinski definition) is 1. The van der Waals surface area contributed by atoms with Crippen molar-refractivity contribution in [3.8, 4) is 11.4 Å². The van der Waals surface area contributed by atoms with Crippen molar-refractivity contribution in [2.24, 2.45) is 5.92 Å². The molecule has 3 aromatic rings. The fraction of sp³-hybridized carbons (Fsp3) is 0.385. The van der Waals surface area contributed by atoms with Crippen molar-refractivity contribution in [3.05, 3.63) is 66.0 Å². The second-order valence-corrected chi connectivity index (χ2v) is 9.01. The third-order valence-corrected chi connectivity index (χ3v) is 6.78. The second-order valence-electron chi connectivity index (χ2n) is 9.01. The van der Waals surface area contributed by atoms with Gasteiger partial charge in [0.25, 0.3) is 0 Å². The Labute approximate surface area is 193 Å². The van der Waals surface area contributed by atoms with Gasteiger partial charge in [0, 0.05) is 37.2 Å². The molecule has 0 bridgehead atoms. The number of aromatic nitrogens is 3. The lowest BCUT2D eigenvalue weighted by Crippen LogP contribution is -2.30. The number of carbonyl (C=O) groups excluding carboxylic acids is 2. The van der Waals surface area contributed by atoms with Crippen molar-refractivity contribution in [2.45, 2.75) is 51.6 Å². The molecule has 33 heavy (non-hydrogen) atoms. The highest BCUT2D eigenvalue weighted by Crippen LogP contribution is 2.30. The van der Waals surface area contributed by atoms with Gasteiger partial charge in [-0.1, -0.05) is 48.9 Å². The molecule has 1 saturated heterocycles. The Kier molecular flexibility index (Phi) is 5.94. The van der Waals surface area contributed by atoms with Crippen LogP contribution in [-0.2, 0) is 22.6 Å². The molecule has 0 unspecified atom stereocenters. The van der Waals surface area contributed by atoms with Crippen LogP contribution in [0.3, 0.4) is 0 Å². The molecule has 0 spiro atoms. The molecule has 2 amide bonds. The zero-order valence-corrected chi connectivity index (χ0v) is 18.9. The predicted octanol–water partition coefficient (Wildman–Crippen LogP) is 4.22. The molecule has 0 aliphatic carbocycles. The Morgan fingerprint density at radius 1 is 1.06 bits per heavy atom. The molecule has 2 aliphatic rings. The van der Waals surface area contributed by atoms with Crippen LogP contribution in [0.4, 0.5) is 5.69 Å². The average molecular weight is 444 g/mol. The van der Waals surface area contributed by atoms with E-state index in [9.17, 15) is 9.59 Å². The van der Waals surface area contributed by atoms with E-state index in [1.54, 1.807) is 0 Å². The number of nitrogens with zero attached hydrogens (tertiary/aromatic N) is 4. The lowest BCUT2D eigenvalue weighted by atomic mass is 10.1. The molecular formula is C26H29N5O2. The van der Waals surface area contributed by atoms with Gasteiger partial charge in [-0.05, 0) is 37.5 Å². The van der Waals surface area contributed by atoms with Gasteiger partial charge < -0.3 is 14.8 Å². The number of aryl methyl sites for hydroxylation is 1. The lowest BCUT2D eigenvalue weighted by molar-refractivity contribution is -0.129. The summed E-state index contributed by atoms with van der Waals surface area (Å²) in [5.41, 5.74) is 2.73. The molecule has 1 fully saturated rings. The number of likely N-dealkylation sites (tertiary alicyclic amines) is 1. The smallest absolute Gasteiger partial charge is 0.229 e. The number of rotatable bonds is 5. The second kappa shape index (κ2) is 9.17. The first-order chi connectivity index (χ1) is 16.1. The average Bonchev–Trinajstić information content (AvgIpc) is 3.35. The molecule has 0 saturated carbocycles. The van der Waals surface area contributed by atoms with Crippen LogP contribution in [-0.4, -0.2) is 38.0 Å². The van der Waals surface area contributed by atoms with Crippen LogP contribution in [0.1, 0.15) is 50.0 Å². The number of anilines is 1. The van der Waals surface area contributed by atoms with Crippen LogP contribution < -0.4 is 5.32 Å². The SMILES string of the molecule is C[C@H](c1ccccc1)N1C[C@@H](C(=O)Nc2cccc(-c3nnc4n3CCCCC4)c2)CC1=O. The summed E-state index contributed by atoms with van der Waals surface area (Å²) in [5, 5.41) is 11.8. The quantitative estimate of drug-likeness (QED) is 0.640. The number of carbonyl (C=O) groups is 2. The summed E-state index contributed by atoms with van der Waals surface area (Å²) in [6.45, 7) is 3.37. The van der Waals surface area contributed by atoms with Gasteiger partial charge in [-0.15, -0.1) is 10.2 Å². The van der Waals surface area contributed by atoms with E-state index >= 15 is 0 Å². The minimum atomic E-state index is -0.364. The van der Waals surface area contributed by atoms with Gasteiger partial charge in [-0.3, -0.25) is 9.59 Å². The topological polar surface area (TPSA) is 80.1 Å². The summed E-state index contributed by atoms with van der Waals surface area (Å²) in [6.07, 6.45) is 4.67. The monoisotopic (exact) mass is 443 g/mol. The fourth-order valence-electron chi connectivity index (χ4n) is 4.87. The summed E-state index contributed by atoms with van der Waals surface area (Å²) in [4.78, 5) is 27.5. The van der Waals surface area contributed by atoms with E-state index in [4.69, 9.17) is 0 Å². The molecule has 7 heteroatoms. The molecule has 7 nitrogen and oxygen atoms in total. The Hall–Kier alpha value is -3.48. The summed E-state index contributed by atoms with van der Waals surface area (Å²) >= 11 is 0. The zero-order chi connectivity index (χ0) is 22.8. The summed E-state index contributed by atoms with van der Waals surface area (Å²) in [5.74, 6) is 1.42. The Balaban J connectivity index is 1.28. The molecule has 5 rings (SSSR count). The lowest BCUT2D eigenvalue weighted by Gasteiger charge is -2.25. The van der Waals surface area contributed by atoms with Crippen LogP contribution in [0, 0.1) is 5.92 Å². The van der Waals surface area contributed by atoms with Crippen molar-refractivity contribution in [1.29, 1.82) is 0 Å². The first-order valence-electron chi connectivity index (χ1n) is 11.8. The molecule has 2 aliphatic heterocycles. The summed E-state index contributed by atoms with van der Waals surface area (Å²) < 4.78 is 2.20. The highest BCUT2D eigenvalue weighted by atomic mass is 16.2. The van der Waals surface area contributed by atoms with Crippen LogP contribution in [0.25, 0.3) is 11.4 Å². The Morgan fingerprint density at radius 2 is 1.91 bits per heavy atom. The van der Waals surface area contributed by atoms with E-state index in [2.05, 4.69) is 20.1 Å². The van der Waals surface area contributed by atoms with Crippen LogP contribution in [0.15, 0.2) is 54.6 Å². The number of fused-ring (bicyclic) bond motifs is 1. The van der Waals surface area contributed by atoms with Gasteiger partial charge in [0.1, 0.15) is 5.82 Å². The van der Waals surface area contributed by atoms with Crippen molar-refractivity contribution in [1.82, 2.24) is 19.7 Å². The predicted molar refractivity (Wildman–Crippen MR) is 126 cm³/mol. The van der Waals surface area contributed by atoms with Crippen molar-refractivity contribution in [2.75, 3.05) is 11.9 Å². The molecule has 2 aromatic carbocycles. The number of benzene rings is 2. The van der Waals surface area contributed by atoms with Crippen LogP contribution >= 0.6 is 0 Å². The standard InChI is InChI=1S/C26H29N5O2/c1-18(19-9-4-2-5-10-19)31-17-21(16-24(31)32)26(33)27-22-12-8-11-20(15-22)25-29-28-23-13-6-3-7-14-30(23)25/h2,4-5,8-12,15,18,21H,3,6-7,13-14,16-17H2,1H3,(H,27,33)/t18-,21+/m1/s1. The maximum Gasteiger partial charge on any atom is 0.229 e. The minimum Gasteiger partial charge on any atom is -0.335 e.